The average molecular weight is 352 g/mol. The molecule has 132 valence electrons. The van der Waals surface area contributed by atoms with Gasteiger partial charge in [-0.15, -0.1) is 0 Å². The van der Waals surface area contributed by atoms with Gasteiger partial charge < -0.3 is 18.7 Å². The van der Waals surface area contributed by atoms with Crippen molar-refractivity contribution in [1.82, 2.24) is 10.1 Å². The number of hydrogen-bond donors (Lipinski definition) is 0. The van der Waals surface area contributed by atoms with Gasteiger partial charge in [-0.3, -0.25) is 0 Å². The highest BCUT2D eigenvalue weighted by molar-refractivity contribution is 5.89. The summed E-state index contributed by atoms with van der Waals surface area (Å²) in [7, 11) is 0. The van der Waals surface area contributed by atoms with Gasteiger partial charge in [0.2, 0.25) is 12.6 Å². The Morgan fingerprint density at radius 1 is 1.08 bits per heavy atom. The van der Waals surface area contributed by atoms with Gasteiger partial charge in [-0.2, -0.15) is 4.98 Å². The van der Waals surface area contributed by atoms with Crippen LogP contribution in [0, 0.1) is 13.8 Å². The lowest BCUT2D eigenvalue weighted by Crippen LogP contribution is -2.06. The fourth-order valence-corrected chi connectivity index (χ4v) is 2.55. The van der Waals surface area contributed by atoms with Gasteiger partial charge in [-0.1, -0.05) is 11.2 Å². The molecule has 4 rings (SSSR count). The minimum Gasteiger partial charge on any atom is -0.454 e. The molecule has 0 N–H and O–H groups in total. The molecule has 0 atom stereocenters. The molecule has 0 saturated heterocycles. The third-order valence-electron chi connectivity index (χ3n) is 4.17. The van der Waals surface area contributed by atoms with E-state index in [4.69, 9.17) is 18.7 Å². The van der Waals surface area contributed by atoms with Crippen LogP contribution in [0.25, 0.3) is 11.4 Å². The van der Waals surface area contributed by atoms with Crippen LogP contribution in [0.1, 0.15) is 27.4 Å². The topological polar surface area (TPSA) is 83.7 Å². The van der Waals surface area contributed by atoms with Crippen molar-refractivity contribution in [2.75, 3.05) is 6.79 Å². The standard InChI is InChI=1S/C19H16N2O5/c1-11-3-4-14(7-12(11)2)19(22)23-9-17-20-18(21-26-17)13-5-6-15-16(8-13)25-10-24-15/h3-8H,9-10H2,1-2H3. The summed E-state index contributed by atoms with van der Waals surface area (Å²) < 4.78 is 21.0. The highest BCUT2D eigenvalue weighted by Gasteiger charge is 2.17. The maximum Gasteiger partial charge on any atom is 0.338 e. The summed E-state index contributed by atoms with van der Waals surface area (Å²) in [6, 6.07) is 10.8. The predicted octanol–water partition coefficient (Wildman–Crippen LogP) is 3.44. The zero-order valence-corrected chi connectivity index (χ0v) is 14.3. The first-order valence-electron chi connectivity index (χ1n) is 8.07. The first kappa shape index (κ1) is 16.1. The molecule has 26 heavy (non-hydrogen) atoms. The van der Waals surface area contributed by atoms with Crippen LogP contribution in [0.4, 0.5) is 0 Å². The lowest BCUT2D eigenvalue weighted by Gasteiger charge is -2.04. The Kier molecular flexibility index (Phi) is 4.04. The number of hydrogen-bond acceptors (Lipinski definition) is 7. The SMILES string of the molecule is Cc1ccc(C(=O)OCc2nc(-c3ccc4c(c3)OCO4)no2)cc1C. The van der Waals surface area contributed by atoms with E-state index in [1.54, 1.807) is 24.3 Å². The van der Waals surface area contributed by atoms with Gasteiger partial charge in [0.25, 0.3) is 5.89 Å². The molecule has 1 aliphatic rings. The van der Waals surface area contributed by atoms with Gasteiger partial charge in [0.15, 0.2) is 18.1 Å². The van der Waals surface area contributed by atoms with Crippen LogP contribution >= 0.6 is 0 Å². The van der Waals surface area contributed by atoms with Crippen LogP contribution < -0.4 is 9.47 Å². The number of esters is 1. The number of ether oxygens (including phenoxy) is 3. The molecule has 3 aromatic rings. The molecule has 0 amide bonds. The van der Waals surface area contributed by atoms with Crippen molar-refractivity contribution in [3.8, 4) is 22.9 Å². The summed E-state index contributed by atoms with van der Waals surface area (Å²) >= 11 is 0. The summed E-state index contributed by atoms with van der Waals surface area (Å²) in [4.78, 5) is 16.4. The fraction of sp³-hybridized carbons (Fsp3) is 0.211. The van der Waals surface area contributed by atoms with Crippen molar-refractivity contribution in [2.45, 2.75) is 20.5 Å². The molecular weight excluding hydrogens is 336 g/mol. The zero-order valence-electron chi connectivity index (χ0n) is 14.3. The van der Waals surface area contributed by atoms with E-state index in [9.17, 15) is 4.79 Å². The molecule has 1 aliphatic heterocycles. The molecule has 0 saturated carbocycles. The lowest BCUT2D eigenvalue weighted by atomic mass is 10.1. The van der Waals surface area contributed by atoms with Crippen molar-refractivity contribution >= 4 is 5.97 Å². The van der Waals surface area contributed by atoms with Crippen molar-refractivity contribution in [2.24, 2.45) is 0 Å². The van der Waals surface area contributed by atoms with Gasteiger partial charge in [0.05, 0.1) is 5.56 Å². The van der Waals surface area contributed by atoms with Gasteiger partial charge >= 0.3 is 5.97 Å². The summed E-state index contributed by atoms with van der Waals surface area (Å²) in [6.07, 6.45) is 0. The predicted molar refractivity (Wildman–Crippen MR) is 90.9 cm³/mol. The average Bonchev–Trinajstić information content (AvgIpc) is 3.30. The number of aryl methyl sites for hydroxylation is 2. The molecule has 1 aromatic heterocycles. The first-order valence-corrected chi connectivity index (χ1v) is 8.07. The second-order valence-electron chi connectivity index (χ2n) is 5.95. The molecule has 0 bridgehead atoms. The summed E-state index contributed by atoms with van der Waals surface area (Å²) in [5.41, 5.74) is 3.36. The van der Waals surface area contributed by atoms with E-state index in [-0.39, 0.29) is 19.3 Å². The normalized spacial score (nSPS) is 12.2. The number of carbonyl (C=O) groups excluding carboxylic acids is 1. The van der Waals surface area contributed by atoms with Gasteiger partial charge in [0.1, 0.15) is 0 Å². The Labute approximate surface area is 149 Å². The molecule has 0 fully saturated rings. The number of rotatable bonds is 4. The molecule has 0 radical (unpaired) electrons. The van der Waals surface area contributed by atoms with Crippen molar-refractivity contribution in [1.29, 1.82) is 0 Å². The molecule has 2 aromatic carbocycles. The Morgan fingerprint density at radius 2 is 1.92 bits per heavy atom. The smallest absolute Gasteiger partial charge is 0.338 e. The molecule has 0 unspecified atom stereocenters. The number of carbonyl (C=O) groups is 1. The van der Waals surface area contributed by atoms with Gasteiger partial charge in [0, 0.05) is 5.56 Å². The second kappa shape index (κ2) is 6.51. The third-order valence-corrected chi connectivity index (χ3v) is 4.17. The minimum atomic E-state index is -0.434. The third kappa shape index (κ3) is 3.11. The Bertz CT molecular complexity index is 980. The Balaban J connectivity index is 1.43. The maximum atomic E-state index is 12.1. The van der Waals surface area contributed by atoms with Crippen LogP contribution in [0.2, 0.25) is 0 Å². The zero-order chi connectivity index (χ0) is 18.1. The highest BCUT2D eigenvalue weighted by atomic mass is 16.7. The van der Waals surface area contributed by atoms with Crippen molar-refractivity contribution < 1.29 is 23.5 Å². The molecule has 0 aliphatic carbocycles. The van der Waals surface area contributed by atoms with Crippen LogP contribution in [-0.2, 0) is 11.3 Å². The van der Waals surface area contributed by atoms with Gasteiger partial charge in [-0.25, -0.2) is 4.79 Å². The van der Waals surface area contributed by atoms with Crippen LogP contribution in [-0.4, -0.2) is 22.9 Å². The van der Waals surface area contributed by atoms with E-state index in [1.807, 2.05) is 26.0 Å². The summed E-state index contributed by atoms with van der Waals surface area (Å²) in [5, 5.41) is 3.91. The maximum absolute atomic E-state index is 12.1. The van der Waals surface area contributed by atoms with Crippen molar-refractivity contribution in [3.05, 3.63) is 59.0 Å². The van der Waals surface area contributed by atoms with Crippen LogP contribution in [0.5, 0.6) is 11.5 Å². The fourth-order valence-electron chi connectivity index (χ4n) is 2.55. The minimum absolute atomic E-state index is 0.0939. The molecule has 0 spiro atoms. The summed E-state index contributed by atoms with van der Waals surface area (Å²) in [6.45, 7) is 4.04. The van der Waals surface area contributed by atoms with Crippen LogP contribution in [0.3, 0.4) is 0 Å². The molecular formula is C19H16N2O5. The first-order chi connectivity index (χ1) is 12.6. The number of nitrogens with zero attached hydrogens (tertiary/aromatic N) is 2. The second-order valence-corrected chi connectivity index (χ2v) is 5.95. The Hall–Kier alpha value is -3.35. The molecule has 2 heterocycles. The van der Waals surface area contributed by atoms with E-state index in [2.05, 4.69) is 10.1 Å². The number of fused-ring (bicyclic) bond motifs is 1. The molecule has 7 nitrogen and oxygen atoms in total. The Morgan fingerprint density at radius 3 is 2.77 bits per heavy atom. The van der Waals surface area contributed by atoms with E-state index in [0.29, 0.717) is 22.9 Å². The quantitative estimate of drug-likeness (QED) is 0.665. The highest BCUT2D eigenvalue weighted by Crippen LogP contribution is 2.35. The summed E-state index contributed by atoms with van der Waals surface area (Å²) in [5.74, 6) is 1.49. The van der Waals surface area contributed by atoms with E-state index in [0.717, 1.165) is 16.7 Å². The van der Waals surface area contributed by atoms with E-state index in [1.165, 1.54) is 0 Å². The van der Waals surface area contributed by atoms with E-state index < -0.39 is 5.97 Å². The monoisotopic (exact) mass is 352 g/mol. The number of aromatic nitrogens is 2. The number of benzene rings is 2. The van der Waals surface area contributed by atoms with E-state index >= 15 is 0 Å². The van der Waals surface area contributed by atoms with Gasteiger partial charge in [-0.05, 0) is 55.3 Å². The molecule has 7 heteroatoms. The van der Waals surface area contributed by atoms with Crippen molar-refractivity contribution in [3.63, 3.8) is 0 Å². The lowest BCUT2D eigenvalue weighted by molar-refractivity contribution is 0.0429. The largest absolute Gasteiger partial charge is 0.454 e. The van der Waals surface area contributed by atoms with Crippen LogP contribution in [0.15, 0.2) is 40.9 Å².